The average molecular weight is 394 g/mol. The van der Waals surface area contributed by atoms with Gasteiger partial charge in [0.2, 0.25) is 15.9 Å². The predicted octanol–water partition coefficient (Wildman–Crippen LogP) is 1.54. The van der Waals surface area contributed by atoms with Crippen molar-refractivity contribution in [2.75, 3.05) is 0 Å². The van der Waals surface area contributed by atoms with Gasteiger partial charge >= 0.3 is 0 Å². The van der Waals surface area contributed by atoms with E-state index in [2.05, 4.69) is 20.7 Å². The van der Waals surface area contributed by atoms with E-state index in [0.29, 0.717) is 10.9 Å². The van der Waals surface area contributed by atoms with Gasteiger partial charge in [-0.25, -0.2) is 8.42 Å². The molecule has 1 aromatic carbocycles. The van der Waals surface area contributed by atoms with Crippen molar-refractivity contribution in [1.82, 2.24) is 4.72 Å². The molecule has 22 heavy (non-hydrogen) atoms. The Kier molecular flexibility index (Phi) is 6.03. The van der Waals surface area contributed by atoms with Crippen LogP contribution >= 0.6 is 15.9 Å². The van der Waals surface area contributed by atoms with Crippen LogP contribution in [0.2, 0.25) is 0 Å². The minimum absolute atomic E-state index is 0.349. The summed E-state index contributed by atoms with van der Waals surface area (Å²) in [7, 11) is -4.28. The van der Waals surface area contributed by atoms with Gasteiger partial charge in [0.25, 0.3) is 5.69 Å². The van der Waals surface area contributed by atoms with E-state index in [1.165, 1.54) is 6.07 Å². The molecule has 0 aliphatic heterocycles. The normalized spacial score (nSPS) is 14.3. The largest absolute Gasteiger partial charge is 0.368 e. The topological polar surface area (TPSA) is 132 Å². The number of amides is 1. The van der Waals surface area contributed by atoms with E-state index in [4.69, 9.17) is 5.73 Å². The first-order chi connectivity index (χ1) is 10.1. The standard InChI is InChI=1S/C12H16BrN3O5S/c1-3-7(2)11(12(14)17)15-22(20,21)10-6-8(13)4-5-9(10)16(18)19/h4-7,11,15H,3H2,1-2H3,(H2,14,17). The molecule has 0 saturated heterocycles. The van der Waals surface area contributed by atoms with Gasteiger partial charge in [0.05, 0.1) is 4.92 Å². The van der Waals surface area contributed by atoms with E-state index in [1.54, 1.807) is 13.8 Å². The zero-order chi connectivity index (χ0) is 17.1. The van der Waals surface area contributed by atoms with Crippen LogP contribution in [0.4, 0.5) is 5.69 Å². The number of nitro benzene ring substituents is 1. The number of primary amides is 1. The molecule has 10 heteroatoms. The van der Waals surface area contributed by atoms with Gasteiger partial charge in [-0.1, -0.05) is 36.2 Å². The number of nitro groups is 1. The van der Waals surface area contributed by atoms with Crippen LogP contribution in [0, 0.1) is 16.0 Å². The van der Waals surface area contributed by atoms with Gasteiger partial charge in [0, 0.05) is 10.5 Å². The molecule has 122 valence electrons. The highest BCUT2D eigenvalue weighted by Crippen LogP contribution is 2.27. The smallest absolute Gasteiger partial charge is 0.289 e. The number of hydrogen-bond acceptors (Lipinski definition) is 5. The highest BCUT2D eigenvalue weighted by atomic mass is 79.9. The van der Waals surface area contributed by atoms with E-state index in [0.717, 1.165) is 12.1 Å². The summed E-state index contributed by atoms with van der Waals surface area (Å²) in [6, 6.07) is 2.39. The summed E-state index contributed by atoms with van der Waals surface area (Å²) < 4.78 is 27.3. The molecule has 0 spiro atoms. The third-order valence-electron chi connectivity index (χ3n) is 3.21. The summed E-state index contributed by atoms with van der Waals surface area (Å²) in [4.78, 5) is 21.1. The number of nitrogens with zero attached hydrogens (tertiary/aromatic N) is 1. The lowest BCUT2D eigenvalue weighted by molar-refractivity contribution is -0.387. The highest BCUT2D eigenvalue weighted by Gasteiger charge is 2.32. The van der Waals surface area contributed by atoms with Crippen molar-refractivity contribution >= 4 is 37.5 Å². The Hall–Kier alpha value is -1.52. The van der Waals surface area contributed by atoms with Gasteiger partial charge in [-0.2, -0.15) is 4.72 Å². The molecule has 1 rings (SSSR count). The van der Waals surface area contributed by atoms with Crippen molar-refractivity contribution in [3.05, 3.63) is 32.8 Å². The van der Waals surface area contributed by atoms with Crippen molar-refractivity contribution < 1.29 is 18.1 Å². The number of benzene rings is 1. The Bertz CT molecular complexity index is 692. The summed E-state index contributed by atoms with van der Waals surface area (Å²) >= 11 is 3.07. The van der Waals surface area contributed by atoms with Crippen molar-refractivity contribution in [3.8, 4) is 0 Å². The van der Waals surface area contributed by atoms with Crippen LogP contribution in [0.15, 0.2) is 27.6 Å². The molecule has 0 aliphatic carbocycles. The third kappa shape index (κ3) is 4.24. The van der Waals surface area contributed by atoms with Crippen LogP contribution in [0.5, 0.6) is 0 Å². The van der Waals surface area contributed by atoms with Gasteiger partial charge in [0.15, 0.2) is 4.90 Å². The van der Waals surface area contributed by atoms with Crippen molar-refractivity contribution in [1.29, 1.82) is 0 Å². The van der Waals surface area contributed by atoms with E-state index in [9.17, 15) is 23.3 Å². The van der Waals surface area contributed by atoms with Crippen LogP contribution < -0.4 is 10.5 Å². The molecular formula is C12H16BrN3O5S. The molecule has 0 saturated carbocycles. The molecule has 3 N–H and O–H groups in total. The Morgan fingerprint density at radius 1 is 1.50 bits per heavy atom. The number of carbonyl (C=O) groups is 1. The molecule has 2 unspecified atom stereocenters. The average Bonchev–Trinajstić information content (AvgIpc) is 2.43. The fourth-order valence-electron chi connectivity index (χ4n) is 1.78. The van der Waals surface area contributed by atoms with Crippen LogP contribution in [0.25, 0.3) is 0 Å². The van der Waals surface area contributed by atoms with Gasteiger partial charge in [0.1, 0.15) is 6.04 Å². The number of sulfonamides is 1. The van der Waals surface area contributed by atoms with Crippen LogP contribution in [0.3, 0.4) is 0 Å². The quantitative estimate of drug-likeness (QED) is 0.535. The molecular weight excluding hydrogens is 378 g/mol. The van der Waals surface area contributed by atoms with Crippen LogP contribution in [-0.2, 0) is 14.8 Å². The fraction of sp³-hybridized carbons (Fsp3) is 0.417. The highest BCUT2D eigenvalue weighted by molar-refractivity contribution is 9.10. The zero-order valence-corrected chi connectivity index (χ0v) is 14.3. The molecule has 0 heterocycles. The minimum Gasteiger partial charge on any atom is -0.368 e. The Labute approximate surface area is 136 Å². The van der Waals surface area contributed by atoms with E-state index in [1.807, 2.05) is 0 Å². The molecule has 0 aliphatic rings. The Balaban J connectivity index is 3.32. The van der Waals surface area contributed by atoms with Crippen molar-refractivity contribution in [3.63, 3.8) is 0 Å². The minimum atomic E-state index is -4.28. The SMILES string of the molecule is CCC(C)C(NS(=O)(=O)c1cc(Br)ccc1[N+](=O)[O-])C(N)=O. The maximum absolute atomic E-state index is 12.4. The van der Waals surface area contributed by atoms with Crippen molar-refractivity contribution in [2.24, 2.45) is 11.7 Å². The summed E-state index contributed by atoms with van der Waals surface area (Å²) in [5.74, 6) is -1.19. The maximum atomic E-state index is 12.4. The van der Waals surface area contributed by atoms with Crippen LogP contribution in [-0.4, -0.2) is 25.3 Å². The lowest BCUT2D eigenvalue weighted by Crippen LogP contribution is -2.48. The number of halogens is 1. The first-order valence-corrected chi connectivity index (χ1v) is 8.63. The van der Waals surface area contributed by atoms with E-state index in [-0.39, 0.29) is 5.92 Å². The summed E-state index contributed by atoms with van der Waals surface area (Å²) in [6.45, 7) is 3.43. The second kappa shape index (κ2) is 7.16. The third-order valence-corrected chi connectivity index (χ3v) is 5.17. The number of carbonyl (C=O) groups excluding carboxylic acids is 1. The Morgan fingerprint density at radius 3 is 2.55 bits per heavy atom. The number of nitrogens with two attached hydrogens (primary N) is 1. The van der Waals surface area contributed by atoms with Gasteiger partial charge in [-0.3, -0.25) is 14.9 Å². The molecule has 0 fully saturated rings. The molecule has 1 amide bonds. The molecule has 0 bridgehead atoms. The first-order valence-electron chi connectivity index (χ1n) is 6.35. The molecule has 0 radical (unpaired) electrons. The molecule has 8 nitrogen and oxygen atoms in total. The number of hydrogen-bond donors (Lipinski definition) is 2. The summed E-state index contributed by atoms with van der Waals surface area (Å²) in [6.07, 6.45) is 0.511. The van der Waals surface area contributed by atoms with E-state index >= 15 is 0 Å². The Morgan fingerprint density at radius 2 is 2.09 bits per heavy atom. The second-order valence-corrected chi connectivity index (χ2v) is 7.35. The molecule has 2 atom stereocenters. The van der Waals surface area contributed by atoms with E-state index < -0.39 is 37.5 Å². The summed E-state index contributed by atoms with van der Waals surface area (Å²) in [5.41, 5.74) is 4.64. The lowest BCUT2D eigenvalue weighted by atomic mass is 10.00. The van der Waals surface area contributed by atoms with Crippen LogP contribution in [0.1, 0.15) is 20.3 Å². The molecule has 1 aromatic rings. The monoisotopic (exact) mass is 393 g/mol. The van der Waals surface area contributed by atoms with Gasteiger partial charge in [-0.05, 0) is 18.1 Å². The predicted molar refractivity (Wildman–Crippen MR) is 83.6 cm³/mol. The number of nitrogens with one attached hydrogen (secondary N) is 1. The first kappa shape index (κ1) is 18.5. The van der Waals surface area contributed by atoms with Gasteiger partial charge < -0.3 is 5.73 Å². The number of rotatable bonds is 7. The summed E-state index contributed by atoms with van der Waals surface area (Å²) in [5, 5.41) is 11.0. The molecule has 0 aromatic heterocycles. The maximum Gasteiger partial charge on any atom is 0.289 e. The zero-order valence-electron chi connectivity index (χ0n) is 11.9. The van der Waals surface area contributed by atoms with Gasteiger partial charge in [-0.15, -0.1) is 0 Å². The second-order valence-electron chi connectivity index (χ2n) is 4.76. The fourth-order valence-corrected chi connectivity index (χ4v) is 3.80. The van der Waals surface area contributed by atoms with Crippen molar-refractivity contribution in [2.45, 2.75) is 31.2 Å². The lowest BCUT2D eigenvalue weighted by Gasteiger charge is -2.21.